The molecule has 6 nitrogen and oxygen atoms in total. The molecule has 1 heterocycles. The van der Waals surface area contributed by atoms with E-state index in [9.17, 15) is 14.4 Å². The van der Waals surface area contributed by atoms with E-state index < -0.39 is 18.0 Å². The van der Waals surface area contributed by atoms with Gasteiger partial charge in [-0.25, -0.2) is 0 Å². The minimum absolute atomic E-state index is 0.160. The van der Waals surface area contributed by atoms with E-state index >= 15 is 0 Å². The Morgan fingerprint density at radius 2 is 1.88 bits per heavy atom. The molecule has 1 aliphatic heterocycles. The fourth-order valence-electron chi connectivity index (χ4n) is 1.46. The van der Waals surface area contributed by atoms with E-state index in [-0.39, 0.29) is 18.2 Å². The molecule has 0 unspecified atom stereocenters. The van der Waals surface area contributed by atoms with Crippen LogP contribution in [0.4, 0.5) is 0 Å². The monoisotopic (exact) mass is 245 g/mol. The Kier molecular flexibility index (Phi) is 4.60. The van der Waals surface area contributed by atoms with Crippen molar-refractivity contribution in [2.24, 2.45) is 5.73 Å². The van der Waals surface area contributed by atoms with Crippen LogP contribution in [0.2, 0.25) is 0 Å². The van der Waals surface area contributed by atoms with E-state index in [0.717, 1.165) is 5.75 Å². The first kappa shape index (κ1) is 12.8. The molecule has 16 heavy (non-hydrogen) atoms. The fourth-order valence-corrected chi connectivity index (χ4v) is 1.93. The number of thioether (sulfide) groups is 1. The lowest BCUT2D eigenvalue weighted by atomic mass is 10.1. The van der Waals surface area contributed by atoms with Crippen molar-refractivity contribution in [2.75, 3.05) is 12.0 Å². The van der Waals surface area contributed by atoms with Gasteiger partial charge in [-0.05, 0) is 18.4 Å². The number of carbonyl (C=O) groups is 3. The molecule has 7 heteroatoms. The summed E-state index contributed by atoms with van der Waals surface area (Å²) >= 11 is 1.60. The van der Waals surface area contributed by atoms with E-state index in [1.54, 1.807) is 11.8 Å². The average molecular weight is 245 g/mol. The topological polar surface area (TPSA) is 101 Å². The molecule has 0 spiro atoms. The molecule has 0 aromatic carbocycles. The zero-order chi connectivity index (χ0) is 12.1. The van der Waals surface area contributed by atoms with Gasteiger partial charge in [0.2, 0.25) is 17.7 Å². The number of amides is 3. The third-order valence-corrected chi connectivity index (χ3v) is 2.93. The van der Waals surface area contributed by atoms with Crippen molar-refractivity contribution in [2.45, 2.75) is 24.9 Å². The number of nitrogens with one attached hydrogen (secondary N) is 2. The maximum absolute atomic E-state index is 11.6. The smallest absolute Gasteiger partial charge is 0.243 e. The molecule has 1 aliphatic rings. The van der Waals surface area contributed by atoms with E-state index in [1.807, 2.05) is 6.26 Å². The van der Waals surface area contributed by atoms with Gasteiger partial charge < -0.3 is 16.4 Å². The average Bonchev–Trinajstić information content (AvgIpc) is 2.20. The van der Waals surface area contributed by atoms with Gasteiger partial charge in [0.05, 0.1) is 6.42 Å². The molecular weight excluding hydrogens is 230 g/mol. The van der Waals surface area contributed by atoms with Crippen molar-refractivity contribution < 1.29 is 14.4 Å². The highest BCUT2D eigenvalue weighted by Gasteiger charge is 2.33. The van der Waals surface area contributed by atoms with Crippen LogP contribution < -0.4 is 16.4 Å². The summed E-state index contributed by atoms with van der Waals surface area (Å²) in [5, 5.41) is 5.08. The predicted octanol–water partition coefficient (Wildman–Crippen LogP) is -1.40. The number of nitrogens with two attached hydrogens (primary N) is 1. The summed E-state index contributed by atoms with van der Waals surface area (Å²) in [5.74, 6) is -0.411. The van der Waals surface area contributed by atoms with Gasteiger partial charge in [0.1, 0.15) is 12.1 Å². The third kappa shape index (κ3) is 3.41. The number of hydrogen-bond acceptors (Lipinski definition) is 4. The lowest BCUT2D eigenvalue weighted by Gasteiger charge is -2.28. The van der Waals surface area contributed by atoms with Crippen LogP contribution in [0, 0.1) is 0 Å². The molecule has 0 aromatic rings. The molecule has 2 atom stereocenters. The van der Waals surface area contributed by atoms with Crippen molar-refractivity contribution in [3.05, 3.63) is 0 Å². The Morgan fingerprint density at radius 1 is 1.31 bits per heavy atom. The fraction of sp³-hybridized carbons (Fsp3) is 0.667. The summed E-state index contributed by atoms with van der Waals surface area (Å²) in [4.78, 5) is 33.7. The Bertz CT molecular complexity index is 308. The molecular formula is C9H15N3O3S. The summed E-state index contributed by atoms with van der Waals surface area (Å²) in [7, 11) is 0. The molecule has 0 aliphatic carbocycles. The van der Waals surface area contributed by atoms with Crippen LogP contribution in [0.25, 0.3) is 0 Å². The second kappa shape index (κ2) is 5.74. The van der Waals surface area contributed by atoms with Gasteiger partial charge >= 0.3 is 0 Å². The molecule has 0 aromatic heterocycles. The Hall–Kier alpha value is -1.24. The largest absolute Gasteiger partial charge is 0.370 e. The van der Waals surface area contributed by atoms with Crippen molar-refractivity contribution in [1.29, 1.82) is 0 Å². The molecule has 0 radical (unpaired) electrons. The second-order valence-corrected chi connectivity index (χ2v) is 4.56. The minimum Gasteiger partial charge on any atom is -0.370 e. The van der Waals surface area contributed by atoms with Gasteiger partial charge in [-0.15, -0.1) is 0 Å². The molecule has 3 amide bonds. The van der Waals surface area contributed by atoms with Crippen molar-refractivity contribution in [1.82, 2.24) is 10.6 Å². The third-order valence-electron chi connectivity index (χ3n) is 2.28. The van der Waals surface area contributed by atoms with Crippen molar-refractivity contribution in [3.8, 4) is 0 Å². The zero-order valence-electron chi connectivity index (χ0n) is 8.99. The standard InChI is InChI=1S/C9H15N3O3S/c1-16-3-2-5-8(14)12-6(4-7(10)13)9(15)11-5/h5-6H,2-4H2,1H3,(H2,10,13)(H,11,15)(H,12,14)/t5-,6-/m0/s1. The number of piperazine rings is 1. The SMILES string of the molecule is CSCC[C@@H]1NC(=O)[C@H](CC(N)=O)NC1=O. The predicted molar refractivity (Wildman–Crippen MR) is 60.7 cm³/mol. The van der Waals surface area contributed by atoms with Gasteiger partial charge in [0.15, 0.2) is 0 Å². The van der Waals surface area contributed by atoms with Crippen LogP contribution in [-0.2, 0) is 14.4 Å². The molecule has 0 bridgehead atoms. The summed E-state index contributed by atoms with van der Waals surface area (Å²) in [6, 6.07) is -1.32. The van der Waals surface area contributed by atoms with Crippen LogP contribution in [0.5, 0.6) is 0 Å². The van der Waals surface area contributed by atoms with Crippen LogP contribution >= 0.6 is 11.8 Å². The van der Waals surface area contributed by atoms with Crippen LogP contribution in [0.15, 0.2) is 0 Å². The Labute approximate surface area is 97.7 Å². The normalized spacial score (nSPS) is 24.8. The quantitative estimate of drug-likeness (QED) is 0.554. The molecule has 0 saturated carbocycles. The first-order valence-corrected chi connectivity index (χ1v) is 6.32. The minimum atomic E-state index is -0.824. The van der Waals surface area contributed by atoms with Gasteiger partial charge in [0.25, 0.3) is 0 Å². The first-order chi connectivity index (χ1) is 7.54. The number of carbonyl (C=O) groups excluding carboxylic acids is 3. The summed E-state index contributed by atoms with van der Waals surface area (Å²) in [6.45, 7) is 0. The Balaban J connectivity index is 2.53. The van der Waals surface area contributed by atoms with Crippen LogP contribution in [-0.4, -0.2) is 41.8 Å². The Morgan fingerprint density at radius 3 is 2.44 bits per heavy atom. The maximum Gasteiger partial charge on any atom is 0.243 e. The van der Waals surface area contributed by atoms with Crippen LogP contribution in [0.1, 0.15) is 12.8 Å². The summed E-state index contributed by atoms with van der Waals surface area (Å²) in [5.41, 5.74) is 4.97. The van der Waals surface area contributed by atoms with Gasteiger partial charge in [-0.3, -0.25) is 14.4 Å². The highest BCUT2D eigenvalue weighted by molar-refractivity contribution is 7.98. The molecule has 1 fully saturated rings. The lowest BCUT2D eigenvalue weighted by molar-refractivity contribution is -0.138. The van der Waals surface area contributed by atoms with Crippen molar-refractivity contribution >= 4 is 29.5 Å². The molecule has 1 saturated heterocycles. The lowest BCUT2D eigenvalue weighted by Crippen LogP contribution is -2.62. The molecule has 4 N–H and O–H groups in total. The van der Waals surface area contributed by atoms with Gasteiger partial charge in [0, 0.05) is 0 Å². The van der Waals surface area contributed by atoms with E-state index in [4.69, 9.17) is 5.73 Å². The van der Waals surface area contributed by atoms with E-state index in [2.05, 4.69) is 10.6 Å². The number of primary amides is 1. The summed E-state index contributed by atoms with van der Waals surface area (Å²) < 4.78 is 0. The van der Waals surface area contributed by atoms with E-state index in [1.165, 1.54) is 0 Å². The molecule has 90 valence electrons. The van der Waals surface area contributed by atoms with Crippen LogP contribution in [0.3, 0.4) is 0 Å². The van der Waals surface area contributed by atoms with Gasteiger partial charge in [-0.1, -0.05) is 0 Å². The van der Waals surface area contributed by atoms with E-state index in [0.29, 0.717) is 6.42 Å². The number of rotatable bonds is 5. The zero-order valence-corrected chi connectivity index (χ0v) is 9.80. The first-order valence-electron chi connectivity index (χ1n) is 4.92. The maximum atomic E-state index is 11.6. The highest BCUT2D eigenvalue weighted by Crippen LogP contribution is 2.07. The molecule has 1 rings (SSSR count). The second-order valence-electron chi connectivity index (χ2n) is 3.57. The highest BCUT2D eigenvalue weighted by atomic mass is 32.2. The van der Waals surface area contributed by atoms with Gasteiger partial charge in [-0.2, -0.15) is 11.8 Å². The van der Waals surface area contributed by atoms with Crippen molar-refractivity contribution in [3.63, 3.8) is 0 Å². The number of hydrogen-bond donors (Lipinski definition) is 3. The summed E-state index contributed by atoms with van der Waals surface area (Å²) in [6.07, 6.45) is 2.35.